The summed E-state index contributed by atoms with van der Waals surface area (Å²) in [5, 5.41) is 13.1. The molecule has 11 heteroatoms. The second-order valence-corrected chi connectivity index (χ2v) is 6.71. The highest BCUT2D eigenvalue weighted by atomic mass is 16.2. The molecule has 0 aromatic carbocycles. The molecule has 162 valence electrons. The monoisotopic (exact) mass is 417 g/mol. The van der Waals surface area contributed by atoms with Crippen LogP contribution in [0.25, 0.3) is 0 Å². The van der Waals surface area contributed by atoms with Crippen LogP contribution in [-0.4, -0.2) is 65.4 Å². The zero-order valence-corrected chi connectivity index (χ0v) is 16.9. The van der Waals surface area contributed by atoms with E-state index in [2.05, 4.69) is 36.6 Å². The molecular weight excluding hydrogens is 390 g/mol. The largest absolute Gasteiger partial charge is 0.352 e. The number of rotatable bonds is 5. The van der Waals surface area contributed by atoms with Gasteiger partial charge in [0.1, 0.15) is 12.1 Å². The van der Waals surface area contributed by atoms with Crippen molar-refractivity contribution in [3.05, 3.63) is 42.5 Å². The van der Waals surface area contributed by atoms with Crippen molar-refractivity contribution in [3.8, 4) is 0 Å². The van der Waals surface area contributed by atoms with Crippen molar-refractivity contribution in [3.63, 3.8) is 0 Å². The molecule has 1 aromatic heterocycles. The summed E-state index contributed by atoms with van der Waals surface area (Å²) in [7, 11) is 1.44. The molecule has 0 spiro atoms. The molecule has 0 radical (unpaired) electrons. The first-order valence-electron chi connectivity index (χ1n) is 9.58. The Hall–Kier alpha value is -3.63. The highest BCUT2D eigenvalue weighted by Gasteiger charge is 2.26. The summed E-state index contributed by atoms with van der Waals surface area (Å²) in [6, 6.07) is -2.81. The van der Waals surface area contributed by atoms with E-state index in [0.717, 1.165) is 0 Å². The second kappa shape index (κ2) is 11.4. The van der Waals surface area contributed by atoms with Gasteiger partial charge in [-0.2, -0.15) is 0 Å². The number of carbonyl (C=O) groups is 4. The molecule has 3 unspecified atom stereocenters. The molecule has 0 saturated carbocycles. The standard InChI is InChI=1S/C19H27N7O4/c1-12-6-7-16(27)22-8-4-3-5-14(17(28)24-12)25-18(29)15(26-19(30)20-2)9-13-10-21-11-23-13/h3,5-7,10-12,14-15H,4,8-9H2,1-2H3,(H,21,23)(H,22,27)(H,24,28)(H,25,29)(H2,20,26,30)/b5-3+,7-6?. The molecular formula is C19H27N7O4. The van der Waals surface area contributed by atoms with Crippen LogP contribution in [0.1, 0.15) is 19.0 Å². The minimum absolute atomic E-state index is 0.169. The van der Waals surface area contributed by atoms with Gasteiger partial charge in [-0.05, 0) is 13.3 Å². The van der Waals surface area contributed by atoms with E-state index < -0.39 is 36.0 Å². The quantitative estimate of drug-likeness (QED) is 0.334. The summed E-state index contributed by atoms with van der Waals surface area (Å²) in [5.41, 5.74) is 0.653. The van der Waals surface area contributed by atoms with Gasteiger partial charge in [0.25, 0.3) is 0 Å². The molecule has 6 N–H and O–H groups in total. The van der Waals surface area contributed by atoms with Gasteiger partial charge in [-0.1, -0.05) is 18.2 Å². The van der Waals surface area contributed by atoms with E-state index in [1.54, 1.807) is 31.3 Å². The van der Waals surface area contributed by atoms with Gasteiger partial charge in [0.15, 0.2) is 0 Å². The Morgan fingerprint density at radius 1 is 1.30 bits per heavy atom. The normalized spacial score (nSPS) is 21.8. The smallest absolute Gasteiger partial charge is 0.315 e. The zero-order chi connectivity index (χ0) is 21.9. The predicted molar refractivity (Wildman–Crippen MR) is 109 cm³/mol. The Morgan fingerprint density at radius 2 is 2.10 bits per heavy atom. The SMILES string of the molecule is CNC(=O)NC(Cc1cnc[nH]1)C(=O)NC1/C=C/CCNC(=O)C=CC(C)NC1=O. The molecule has 5 amide bonds. The number of imidazole rings is 1. The van der Waals surface area contributed by atoms with Crippen LogP contribution in [0, 0.1) is 0 Å². The number of nitrogens with one attached hydrogen (secondary N) is 6. The number of carbonyl (C=O) groups excluding carboxylic acids is 4. The number of aromatic amines is 1. The number of H-pyrrole nitrogens is 1. The van der Waals surface area contributed by atoms with Gasteiger partial charge in [0.2, 0.25) is 17.7 Å². The van der Waals surface area contributed by atoms with Gasteiger partial charge in [0.05, 0.1) is 6.33 Å². The van der Waals surface area contributed by atoms with Gasteiger partial charge >= 0.3 is 6.03 Å². The van der Waals surface area contributed by atoms with Crippen LogP contribution in [0.4, 0.5) is 4.79 Å². The Bertz CT molecular complexity index is 804. The number of nitrogens with zero attached hydrogens (tertiary/aromatic N) is 1. The van der Waals surface area contributed by atoms with E-state index in [-0.39, 0.29) is 12.3 Å². The molecule has 0 bridgehead atoms. The zero-order valence-electron chi connectivity index (χ0n) is 16.9. The molecule has 2 heterocycles. The van der Waals surface area contributed by atoms with Gasteiger partial charge < -0.3 is 31.6 Å². The van der Waals surface area contributed by atoms with E-state index in [4.69, 9.17) is 0 Å². The van der Waals surface area contributed by atoms with Gasteiger partial charge in [-0.3, -0.25) is 14.4 Å². The van der Waals surface area contributed by atoms with Crippen LogP contribution >= 0.6 is 0 Å². The van der Waals surface area contributed by atoms with Crippen LogP contribution in [0.2, 0.25) is 0 Å². The fraction of sp³-hybridized carbons (Fsp3) is 0.421. The van der Waals surface area contributed by atoms with Crippen LogP contribution in [0.15, 0.2) is 36.8 Å². The fourth-order valence-corrected chi connectivity index (χ4v) is 2.67. The van der Waals surface area contributed by atoms with E-state index in [0.29, 0.717) is 18.7 Å². The van der Waals surface area contributed by atoms with Gasteiger partial charge in [0, 0.05) is 44.0 Å². The highest BCUT2D eigenvalue weighted by Crippen LogP contribution is 2.02. The third kappa shape index (κ3) is 7.41. The molecule has 0 saturated heterocycles. The minimum Gasteiger partial charge on any atom is -0.352 e. The van der Waals surface area contributed by atoms with Crippen LogP contribution in [-0.2, 0) is 20.8 Å². The van der Waals surface area contributed by atoms with Crippen molar-refractivity contribution < 1.29 is 19.2 Å². The number of hydrogen-bond donors (Lipinski definition) is 6. The van der Waals surface area contributed by atoms with Crippen molar-refractivity contribution in [2.75, 3.05) is 13.6 Å². The second-order valence-electron chi connectivity index (χ2n) is 6.71. The lowest BCUT2D eigenvalue weighted by Gasteiger charge is -2.22. The number of urea groups is 1. The van der Waals surface area contributed by atoms with Crippen LogP contribution < -0.4 is 26.6 Å². The third-order valence-electron chi connectivity index (χ3n) is 4.25. The topological polar surface area (TPSA) is 157 Å². The van der Waals surface area contributed by atoms with Crippen molar-refractivity contribution in [2.24, 2.45) is 0 Å². The molecule has 1 aliphatic rings. The Morgan fingerprint density at radius 3 is 2.80 bits per heavy atom. The number of amides is 5. The Kier molecular flexibility index (Phi) is 8.60. The van der Waals surface area contributed by atoms with Gasteiger partial charge in [-0.25, -0.2) is 9.78 Å². The Balaban J connectivity index is 2.13. The maximum Gasteiger partial charge on any atom is 0.315 e. The molecule has 0 aliphatic carbocycles. The van der Waals surface area contributed by atoms with Crippen LogP contribution in [0.3, 0.4) is 0 Å². The molecule has 30 heavy (non-hydrogen) atoms. The minimum atomic E-state index is -0.945. The average Bonchev–Trinajstić information content (AvgIpc) is 3.22. The number of hydrogen-bond acceptors (Lipinski definition) is 5. The highest BCUT2D eigenvalue weighted by molar-refractivity contribution is 5.93. The van der Waals surface area contributed by atoms with E-state index in [9.17, 15) is 19.2 Å². The van der Waals surface area contributed by atoms with Crippen LogP contribution in [0.5, 0.6) is 0 Å². The van der Waals surface area contributed by atoms with E-state index >= 15 is 0 Å². The molecule has 2 rings (SSSR count). The third-order valence-corrected chi connectivity index (χ3v) is 4.25. The lowest BCUT2D eigenvalue weighted by molar-refractivity contribution is -0.129. The first-order valence-corrected chi connectivity index (χ1v) is 9.58. The maximum absolute atomic E-state index is 12.9. The molecule has 0 fully saturated rings. The van der Waals surface area contributed by atoms with Crippen molar-refractivity contribution in [1.82, 2.24) is 36.6 Å². The summed E-state index contributed by atoms with van der Waals surface area (Å²) in [6.45, 7) is 2.11. The summed E-state index contributed by atoms with van der Waals surface area (Å²) >= 11 is 0. The summed E-state index contributed by atoms with van der Waals surface area (Å²) < 4.78 is 0. The molecule has 1 aromatic rings. The van der Waals surface area contributed by atoms with Crippen molar-refractivity contribution >= 4 is 23.8 Å². The summed E-state index contributed by atoms with van der Waals surface area (Å²) in [4.78, 5) is 55.7. The fourth-order valence-electron chi connectivity index (χ4n) is 2.67. The molecule has 3 atom stereocenters. The lowest BCUT2D eigenvalue weighted by Crippen LogP contribution is -2.55. The molecule has 11 nitrogen and oxygen atoms in total. The average molecular weight is 417 g/mol. The lowest BCUT2D eigenvalue weighted by atomic mass is 10.1. The predicted octanol–water partition coefficient (Wildman–Crippen LogP) is -1.13. The van der Waals surface area contributed by atoms with Crippen molar-refractivity contribution in [2.45, 2.75) is 37.9 Å². The summed E-state index contributed by atoms with van der Waals surface area (Å²) in [5.74, 6) is -1.20. The maximum atomic E-state index is 12.9. The van der Waals surface area contributed by atoms with E-state index in [1.807, 2.05) is 0 Å². The number of aromatic nitrogens is 2. The van der Waals surface area contributed by atoms with Gasteiger partial charge in [-0.15, -0.1) is 0 Å². The first-order chi connectivity index (χ1) is 14.4. The Labute approximate surface area is 174 Å². The molecule has 1 aliphatic heterocycles. The first kappa shape index (κ1) is 22.7. The van der Waals surface area contributed by atoms with Crippen molar-refractivity contribution in [1.29, 1.82) is 0 Å². The summed E-state index contributed by atoms with van der Waals surface area (Å²) in [6.07, 6.45) is 9.87. The van der Waals surface area contributed by atoms with E-state index in [1.165, 1.54) is 19.5 Å².